The van der Waals surface area contributed by atoms with Crippen LogP contribution in [0.3, 0.4) is 0 Å². The van der Waals surface area contributed by atoms with Crippen LogP contribution in [-0.2, 0) is 13.8 Å². The summed E-state index contributed by atoms with van der Waals surface area (Å²) in [7, 11) is 1.56. The summed E-state index contributed by atoms with van der Waals surface area (Å²) in [5.74, 6) is 0.166. The Morgan fingerprint density at radius 2 is 2.05 bits per heavy atom. The minimum Gasteiger partial charge on any atom is -0.481 e. The molecule has 1 N–H and O–H groups in total. The molecule has 1 unspecified atom stereocenters. The van der Waals surface area contributed by atoms with Gasteiger partial charge < -0.3 is 10.1 Å². The predicted octanol–water partition coefficient (Wildman–Crippen LogP) is 2.30. The summed E-state index contributed by atoms with van der Waals surface area (Å²) in [6.07, 6.45) is 0.863. The van der Waals surface area contributed by atoms with Crippen molar-refractivity contribution in [2.75, 3.05) is 6.54 Å². The van der Waals surface area contributed by atoms with Crippen LogP contribution in [0.5, 0.6) is 5.75 Å². The van der Waals surface area contributed by atoms with E-state index in [0.29, 0.717) is 23.4 Å². The molecule has 0 aliphatic heterocycles. The van der Waals surface area contributed by atoms with Gasteiger partial charge in [-0.2, -0.15) is 0 Å². The fourth-order valence-corrected chi connectivity index (χ4v) is 2.97. The topological polar surface area (TPSA) is 72.5 Å². The van der Waals surface area contributed by atoms with Gasteiger partial charge in [0.1, 0.15) is 5.75 Å². The Morgan fingerprint density at radius 3 is 2.57 bits per heavy atom. The quantitative estimate of drug-likeness (QED) is 0.641. The third-order valence-corrected chi connectivity index (χ3v) is 4.29. The van der Waals surface area contributed by atoms with Gasteiger partial charge in [0.25, 0.3) is 15.0 Å². The number of hydrogen-bond donors (Lipinski definition) is 1. The molecule has 0 heterocycles. The van der Waals surface area contributed by atoms with Gasteiger partial charge in [-0.15, -0.1) is 6.58 Å². The summed E-state index contributed by atoms with van der Waals surface area (Å²) >= 11 is 0. The van der Waals surface area contributed by atoms with Crippen molar-refractivity contribution in [3.8, 4) is 5.75 Å². The van der Waals surface area contributed by atoms with Crippen LogP contribution in [0.1, 0.15) is 18.1 Å². The van der Waals surface area contributed by atoms with E-state index in [1.807, 2.05) is 0 Å². The first-order valence-electron chi connectivity index (χ1n) is 6.28. The summed E-state index contributed by atoms with van der Waals surface area (Å²) in [5.41, 5.74) is 1.05. The van der Waals surface area contributed by atoms with Crippen LogP contribution in [0.15, 0.2) is 29.7 Å². The van der Waals surface area contributed by atoms with E-state index in [4.69, 9.17) is 15.4 Å². The van der Waals surface area contributed by atoms with Gasteiger partial charge in [0.2, 0.25) is 0 Å². The highest BCUT2D eigenvalue weighted by Gasteiger charge is 2.19. The Bertz CT molecular complexity index is 655. The van der Waals surface area contributed by atoms with Crippen LogP contribution < -0.4 is 10.1 Å². The van der Waals surface area contributed by atoms with Gasteiger partial charge in [0, 0.05) is 17.2 Å². The summed E-state index contributed by atoms with van der Waals surface area (Å²) in [6.45, 7) is 8.78. The number of carbonyl (C=O) groups is 1. The maximum atomic E-state index is 11.7. The lowest BCUT2D eigenvalue weighted by Gasteiger charge is -2.17. The zero-order valence-corrected chi connectivity index (χ0v) is 13.7. The van der Waals surface area contributed by atoms with Gasteiger partial charge >= 0.3 is 0 Å². The molecule has 116 valence electrons. The molecule has 0 saturated carbocycles. The van der Waals surface area contributed by atoms with E-state index in [1.165, 1.54) is 6.07 Å². The van der Waals surface area contributed by atoms with Crippen molar-refractivity contribution in [2.24, 2.45) is 0 Å². The third kappa shape index (κ3) is 4.75. The number of amides is 1. The van der Waals surface area contributed by atoms with Crippen molar-refractivity contribution in [1.29, 1.82) is 0 Å². The van der Waals surface area contributed by atoms with Crippen LogP contribution in [-0.4, -0.2) is 27.0 Å². The number of carbonyl (C=O) groups excluding carboxylic acids is 1. The Kier molecular flexibility index (Phi) is 5.80. The number of ether oxygens (including phenoxy) is 1. The standard InChI is InChI=1S/C14H18ClNO4S/c1-5-6-16-14(17)11(4)20-12-7-10(3)13(8-9(12)2)21(15,18)19/h5,7-8,11H,1,6H2,2-4H3,(H,16,17). The molecule has 21 heavy (non-hydrogen) atoms. The second-order valence-corrected chi connectivity index (χ2v) is 7.15. The zero-order valence-electron chi connectivity index (χ0n) is 12.1. The van der Waals surface area contributed by atoms with E-state index >= 15 is 0 Å². The molecule has 0 spiro atoms. The molecule has 0 aliphatic carbocycles. The number of nitrogens with one attached hydrogen (secondary N) is 1. The van der Waals surface area contributed by atoms with Gasteiger partial charge in [-0.25, -0.2) is 8.42 Å². The SMILES string of the molecule is C=CCNC(=O)C(C)Oc1cc(C)c(S(=O)(=O)Cl)cc1C. The normalized spacial score (nSPS) is 12.6. The fourth-order valence-electron chi connectivity index (χ4n) is 1.71. The lowest BCUT2D eigenvalue weighted by atomic mass is 10.1. The first kappa shape index (κ1) is 17.5. The van der Waals surface area contributed by atoms with Gasteiger partial charge in [-0.05, 0) is 44.0 Å². The molecule has 0 saturated heterocycles. The van der Waals surface area contributed by atoms with E-state index in [0.717, 1.165) is 0 Å². The summed E-state index contributed by atoms with van der Waals surface area (Å²) in [6, 6.07) is 2.99. The first-order chi connectivity index (χ1) is 9.66. The van der Waals surface area contributed by atoms with Crippen molar-refractivity contribution in [3.05, 3.63) is 35.9 Å². The molecule has 1 atom stereocenters. The fraction of sp³-hybridized carbons (Fsp3) is 0.357. The average molecular weight is 332 g/mol. The highest BCUT2D eigenvalue weighted by Crippen LogP contribution is 2.28. The Labute approximate surface area is 129 Å². The van der Waals surface area contributed by atoms with Crippen LogP contribution >= 0.6 is 10.7 Å². The maximum absolute atomic E-state index is 11.7. The average Bonchev–Trinajstić information content (AvgIpc) is 2.38. The smallest absolute Gasteiger partial charge is 0.261 e. The zero-order chi connectivity index (χ0) is 16.2. The molecular weight excluding hydrogens is 314 g/mol. The van der Waals surface area contributed by atoms with Crippen molar-refractivity contribution in [1.82, 2.24) is 5.32 Å². The summed E-state index contributed by atoms with van der Waals surface area (Å²) in [4.78, 5) is 11.8. The van der Waals surface area contributed by atoms with E-state index in [-0.39, 0.29) is 10.8 Å². The van der Waals surface area contributed by atoms with E-state index in [1.54, 1.807) is 32.9 Å². The van der Waals surface area contributed by atoms with Crippen LogP contribution in [0.25, 0.3) is 0 Å². The monoisotopic (exact) mass is 331 g/mol. The molecule has 0 fully saturated rings. The van der Waals surface area contributed by atoms with Crippen LogP contribution in [0.4, 0.5) is 0 Å². The third-order valence-electron chi connectivity index (χ3n) is 2.83. The van der Waals surface area contributed by atoms with E-state index in [2.05, 4.69) is 11.9 Å². The van der Waals surface area contributed by atoms with Crippen molar-refractivity contribution < 1.29 is 17.9 Å². The van der Waals surface area contributed by atoms with E-state index in [9.17, 15) is 13.2 Å². The number of halogens is 1. The molecule has 7 heteroatoms. The molecule has 0 aromatic heterocycles. The molecule has 1 amide bonds. The molecule has 5 nitrogen and oxygen atoms in total. The minimum absolute atomic E-state index is 0.0396. The molecule has 1 aromatic rings. The number of rotatable bonds is 6. The Balaban J connectivity index is 2.98. The highest BCUT2D eigenvalue weighted by atomic mass is 35.7. The molecule has 0 aliphatic rings. The van der Waals surface area contributed by atoms with Gasteiger partial charge in [0.15, 0.2) is 6.10 Å². The lowest BCUT2D eigenvalue weighted by molar-refractivity contribution is -0.127. The van der Waals surface area contributed by atoms with Gasteiger partial charge in [0.05, 0.1) is 4.90 Å². The summed E-state index contributed by atoms with van der Waals surface area (Å²) < 4.78 is 28.4. The Morgan fingerprint density at radius 1 is 1.43 bits per heavy atom. The molecule has 0 bridgehead atoms. The van der Waals surface area contributed by atoms with Crippen molar-refractivity contribution >= 4 is 25.6 Å². The molecule has 0 radical (unpaired) electrons. The molecular formula is C14H18ClNO4S. The number of aryl methyl sites for hydroxylation is 2. The van der Waals surface area contributed by atoms with E-state index < -0.39 is 15.2 Å². The minimum atomic E-state index is -3.80. The highest BCUT2D eigenvalue weighted by molar-refractivity contribution is 8.13. The largest absolute Gasteiger partial charge is 0.481 e. The Hall–Kier alpha value is -1.53. The molecule has 1 rings (SSSR count). The van der Waals surface area contributed by atoms with Gasteiger partial charge in [-0.1, -0.05) is 6.08 Å². The lowest BCUT2D eigenvalue weighted by Crippen LogP contribution is -2.36. The number of hydrogen-bond acceptors (Lipinski definition) is 4. The number of benzene rings is 1. The summed E-state index contributed by atoms with van der Waals surface area (Å²) in [5, 5.41) is 2.62. The maximum Gasteiger partial charge on any atom is 0.261 e. The first-order valence-corrected chi connectivity index (χ1v) is 8.59. The predicted molar refractivity (Wildman–Crippen MR) is 82.3 cm³/mol. The molecule has 1 aromatic carbocycles. The second kappa shape index (κ2) is 6.95. The van der Waals surface area contributed by atoms with Crippen LogP contribution in [0, 0.1) is 13.8 Å². The van der Waals surface area contributed by atoms with Crippen molar-refractivity contribution in [3.63, 3.8) is 0 Å². The second-order valence-electron chi connectivity index (χ2n) is 4.61. The van der Waals surface area contributed by atoms with Crippen LogP contribution in [0.2, 0.25) is 0 Å². The van der Waals surface area contributed by atoms with Crippen molar-refractivity contribution in [2.45, 2.75) is 31.8 Å². The van der Waals surface area contributed by atoms with Gasteiger partial charge in [-0.3, -0.25) is 4.79 Å².